The van der Waals surface area contributed by atoms with E-state index in [0.29, 0.717) is 0 Å². The zero-order valence-corrected chi connectivity index (χ0v) is 18.3. The molecule has 1 aromatic carbocycles. The van der Waals surface area contributed by atoms with Crippen LogP contribution in [0, 0.1) is 13.8 Å². The fourth-order valence-corrected chi connectivity index (χ4v) is 3.93. The van der Waals surface area contributed by atoms with Crippen LogP contribution in [0.4, 0.5) is 0 Å². The number of hydrogen-bond acceptors (Lipinski definition) is 0. The lowest BCUT2D eigenvalue weighted by Gasteiger charge is -2.07. The van der Waals surface area contributed by atoms with Crippen LogP contribution in [-0.2, 0) is 6.42 Å². The fourth-order valence-electron chi connectivity index (χ4n) is 3.93. The maximum atomic E-state index is 2.38. The molecule has 0 saturated heterocycles. The van der Waals surface area contributed by atoms with Gasteiger partial charge in [-0.05, 0) is 37.8 Å². The highest BCUT2D eigenvalue weighted by Crippen LogP contribution is 2.16. The molecule has 0 aliphatic carbocycles. The van der Waals surface area contributed by atoms with Crippen LogP contribution in [0.5, 0.6) is 0 Å². The average Bonchev–Trinajstić information content (AvgIpc) is 2.64. The Morgan fingerprint density at radius 3 is 1.42 bits per heavy atom. The fraction of sp³-hybridized carbons (Fsp3) is 0.769. The van der Waals surface area contributed by atoms with Crippen LogP contribution in [0.15, 0.2) is 18.2 Å². The third-order valence-corrected chi connectivity index (χ3v) is 5.80. The van der Waals surface area contributed by atoms with Gasteiger partial charge >= 0.3 is 0 Å². The predicted molar refractivity (Wildman–Crippen MR) is 119 cm³/mol. The van der Waals surface area contributed by atoms with Crippen LogP contribution in [0.3, 0.4) is 0 Å². The minimum absolute atomic E-state index is 1.27. The topological polar surface area (TPSA) is 0 Å². The monoisotopic (exact) mass is 358 g/mol. The van der Waals surface area contributed by atoms with Crippen molar-refractivity contribution in [1.82, 2.24) is 0 Å². The van der Waals surface area contributed by atoms with Gasteiger partial charge in [-0.15, -0.1) is 0 Å². The number of rotatable bonds is 17. The molecule has 1 aromatic rings. The Bertz CT molecular complexity index is 432. The lowest BCUT2D eigenvalue weighted by molar-refractivity contribution is 0.529. The SMILES string of the molecule is CCCCCCCCCCCCCCCCCCc1cc(C)ccc1C. The van der Waals surface area contributed by atoms with E-state index in [1.165, 1.54) is 120 Å². The lowest BCUT2D eigenvalue weighted by Crippen LogP contribution is -1.91. The number of benzene rings is 1. The zero-order valence-electron chi connectivity index (χ0n) is 18.3. The lowest BCUT2D eigenvalue weighted by atomic mass is 9.99. The first kappa shape index (κ1) is 23.3. The Morgan fingerprint density at radius 2 is 0.962 bits per heavy atom. The van der Waals surface area contributed by atoms with Crippen molar-refractivity contribution in [3.05, 3.63) is 34.9 Å². The van der Waals surface area contributed by atoms with E-state index in [1.54, 1.807) is 5.56 Å². The molecule has 150 valence electrons. The Hall–Kier alpha value is -0.780. The van der Waals surface area contributed by atoms with Gasteiger partial charge in [-0.3, -0.25) is 0 Å². The normalized spacial score (nSPS) is 11.2. The summed E-state index contributed by atoms with van der Waals surface area (Å²) in [6.07, 6.45) is 24.4. The molecular formula is C26H46. The molecule has 0 fully saturated rings. The molecule has 0 amide bonds. The van der Waals surface area contributed by atoms with Gasteiger partial charge in [0, 0.05) is 0 Å². The van der Waals surface area contributed by atoms with Gasteiger partial charge in [0.1, 0.15) is 0 Å². The Morgan fingerprint density at radius 1 is 0.538 bits per heavy atom. The maximum Gasteiger partial charge on any atom is -0.0276 e. The standard InChI is InChI=1S/C26H46/c1-4-5-6-7-8-9-10-11-12-13-14-15-16-17-18-19-20-26-23-24(2)21-22-25(26)3/h21-23H,4-20H2,1-3H3. The van der Waals surface area contributed by atoms with Gasteiger partial charge in [0.05, 0.1) is 0 Å². The summed E-state index contributed by atoms with van der Waals surface area (Å²) >= 11 is 0. The molecule has 0 atom stereocenters. The average molecular weight is 359 g/mol. The minimum atomic E-state index is 1.27. The van der Waals surface area contributed by atoms with Crippen molar-refractivity contribution in [2.45, 2.75) is 130 Å². The van der Waals surface area contributed by atoms with Gasteiger partial charge in [-0.2, -0.15) is 0 Å². The first-order chi connectivity index (χ1) is 12.7. The van der Waals surface area contributed by atoms with Gasteiger partial charge < -0.3 is 0 Å². The molecule has 0 aromatic heterocycles. The van der Waals surface area contributed by atoms with E-state index in [0.717, 1.165) is 0 Å². The van der Waals surface area contributed by atoms with Crippen molar-refractivity contribution in [3.63, 3.8) is 0 Å². The third-order valence-electron chi connectivity index (χ3n) is 5.80. The van der Waals surface area contributed by atoms with Crippen molar-refractivity contribution in [2.24, 2.45) is 0 Å². The van der Waals surface area contributed by atoms with Gasteiger partial charge in [-0.1, -0.05) is 127 Å². The van der Waals surface area contributed by atoms with E-state index in [2.05, 4.69) is 39.0 Å². The quantitative estimate of drug-likeness (QED) is 0.243. The van der Waals surface area contributed by atoms with E-state index in [4.69, 9.17) is 0 Å². The summed E-state index contributed by atoms with van der Waals surface area (Å²) in [7, 11) is 0. The molecule has 0 aliphatic rings. The smallest absolute Gasteiger partial charge is 0.0276 e. The van der Waals surface area contributed by atoms with Crippen molar-refractivity contribution in [1.29, 1.82) is 0 Å². The van der Waals surface area contributed by atoms with E-state index in [-0.39, 0.29) is 0 Å². The summed E-state index contributed by atoms with van der Waals surface area (Å²) in [4.78, 5) is 0. The van der Waals surface area contributed by atoms with Crippen molar-refractivity contribution < 1.29 is 0 Å². The summed E-state index contributed by atoms with van der Waals surface area (Å²) < 4.78 is 0. The number of aryl methyl sites for hydroxylation is 3. The van der Waals surface area contributed by atoms with Crippen LogP contribution in [0.25, 0.3) is 0 Å². The second kappa shape index (κ2) is 16.4. The summed E-state index contributed by atoms with van der Waals surface area (Å²) in [5.41, 5.74) is 4.44. The van der Waals surface area contributed by atoms with E-state index >= 15 is 0 Å². The van der Waals surface area contributed by atoms with Crippen molar-refractivity contribution in [3.8, 4) is 0 Å². The van der Waals surface area contributed by atoms with Gasteiger partial charge in [0.25, 0.3) is 0 Å². The van der Waals surface area contributed by atoms with Crippen molar-refractivity contribution >= 4 is 0 Å². The Balaban J connectivity index is 1.80. The molecule has 0 spiro atoms. The predicted octanol–water partition coefficient (Wildman–Crippen LogP) is 9.11. The first-order valence-corrected chi connectivity index (χ1v) is 11.8. The molecule has 0 heteroatoms. The highest BCUT2D eigenvalue weighted by Gasteiger charge is 1.99. The molecule has 0 radical (unpaired) electrons. The highest BCUT2D eigenvalue weighted by atomic mass is 14.1. The van der Waals surface area contributed by atoms with E-state index in [1.807, 2.05) is 0 Å². The van der Waals surface area contributed by atoms with Crippen LogP contribution in [0.1, 0.15) is 126 Å². The molecule has 0 aliphatic heterocycles. The molecule has 1 rings (SSSR count). The molecule has 26 heavy (non-hydrogen) atoms. The highest BCUT2D eigenvalue weighted by molar-refractivity contribution is 5.30. The van der Waals surface area contributed by atoms with Crippen LogP contribution >= 0.6 is 0 Å². The summed E-state index contributed by atoms with van der Waals surface area (Å²) in [5, 5.41) is 0. The van der Waals surface area contributed by atoms with Gasteiger partial charge in [-0.25, -0.2) is 0 Å². The second-order valence-electron chi connectivity index (χ2n) is 8.48. The molecule has 0 saturated carbocycles. The largest absolute Gasteiger partial charge is 0.0654 e. The van der Waals surface area contributed by atoms with Crippen LogP contribution in [-0.4, -0.2) is 0 Å². The Kier molecular flexibility index (Phi) is 14.7. The van der Waals surface area contributed by atoms with Crippen LogP contribution < -0.4 is 0 Å². The van der Waals surface area contributed by atoms with Crippen molar-refractivity contribution in [2.75, 3.05) is 0 Å². The van der Waals surface area contributed by atoms with Gasteiger partial charge in [0.15, 0.2) is 0 Å². The minimum Gasteiger partial charge on any atom is -0.0654 e. The molecule has 0 nitrogen and oxygen atoms in total. The number of unbranched alkanes of at least 4 members (excludes halogenated alkanes) is 15. The summed E-state index contributed by atoms with van der Waals surface area (Å²) in [6.45, 7) is 6.75. The molecule has 0 heterocycles. The number of hydrogen-bond donors (Lipinski definition) is 0. The zero-order chi connectivity index (χ0) is 18.9. The molecular weight excluding hydrogens is 312 g/mol. The Labute approximate surface area is 165 Å². The van der Waals surface area contributed by atoms with Crippen LogP contribution in [0.2, 0.25) is 0 Å². The molecule has 0 bridgehead atoms. The molecule has 0 unspecified atom stereocenters. The molecule has 0 N–H and O–H groups in total. The third kappa shape index (κ3) is 12.6. The van der Waals surface area contributed by atoms with E-state index in [9.17, 15) is 0 Å². The summed E-state index contributed by atoms with van der Waals surface area (Å²) in [6, 6.07) is 6.88. The maximum absolute atomic E-state index is 2.38. The second-order valence-corrected chi connectivity index (χ2v) is 8.48. The first-order valence-electron chi connectivity index (χ1n) is 11.8. The van der Waals surface area contributed by atoms with Gasteiger partial charge in [0.2, 0.25) is 0 Å². The van der Waals surface area contributed by atoms with E-state index < -0.39 is 0 Å². The summed E-state index contributed by atoms with van der Waals surface area (Å²) in [5.74, 6) is 0.